The van der Waals surface area contributed by atoms with Crippen LogP contribution >= 0.6 is 0 Å². The van der Waals surface area contributed by atoms with E-state index in [4.69, 9.17) is 9.15 Å². The van der Waals surface area contributed by atoms with Crippen molar-refractivity contribution in [3.05, 3.63) is 76.1 Å². The van der Waals surface area contributed by atoms with E-state index in [1.165, 1.54) is 12.3 Å². The molecule has 3 aromatic rings. The highest BCUT2D eigenvalue weighted by atomic mass is 16.5. The molecule has 0 bridgehead atoms. The van der Waals surface area contributed by atoms with Crippen molar-refractivity contribution >= 4 is 23.1 Å². The van der Waals surface area contributed by atoms with E-state index in [0.29, 0.717) is 11.0 Å². The Balaban J connectivity index is 1.75. The SMILES string of the molecule is COc1ccc(/C=N/NC(=O)c2cc3ccccc3oc2=O)cc1. The summed E-state index contributed by atoms with van der Waals surface area (Å²) < 4.78 is 10.2. The van der Waals surface area contributed by atoms with Crippen molar-refractivity contribution < 1.29 is 13.9 Å². The number of ether oxygens (including phenoxy) is 1. The highest BCUT2D eigenvalue weighted by Crippen LogP contribution is 2.12. The minimum absolute atomic E-state index is 0.0967. The lowest BCUT2D eigenvalue weighted by molar-refractivity contribution is 0.0951. The first-order valence-corrected chi connectivity index (χ1v) is 7.18. The maximum Gasteiger partial charge on any atom is 0.349 e. The molecule has 1 amide bonds. The number of rotatable bonds is 4. The zero-order valence-corrected chi connectivity index (χ0v) is 12.9. The second-order valence-corrected chi connectivity index (χ2v) is 4.96. The van der Waals surface area contributed by atoms with Gasteiger partial charge in [0, 0.05) is 5.39 Å². The molecule has 24 heavy (non-hydrogen) atoms. The highest BCUT2D eigenvalue weighted by Gasteiger charge is 2.12. The van der Waals surface area contributed by atoms with Crippen molar-refractivity contribution in [3.63, 3.8) is 0 Å². The molecule has 6 heteroatoms. The van der Waals surface area contributed by atoms with Crippen molar-refractivity contribution in [1.82, 2.24) is 5.43 Å². The fourth-order valence-electron chi connectivity index (χ4n) is 2.14. The van der Waals surface area contributed by atoms with Gasteiger partial charge in [0.15, 0.2) is 0 Å². The summed E-state index contributed by atoms with van der Waals surface area (Å²) in [6.07, 6.45) is 1.47. The summed E-state index contributed by atoms with van der Waals surface area (Å²) in [5, 5.41) is 4.52. The first kappa shape index (κ1) is 15.5. The molecule has 0 radical (unpaired) electrons. The Kier molecular flexibility index (Phi) is 4.38. The number of nitrogens with one attached hydrogen (secondary N) is 1. The summed E-state index contributed by atoms with van der Waals surface area (Å²) in [4.78, 5) is 24.0. The molecule has 0 saturated heterocycles. The summed E-state index contributed by atoms with van der Waals surface area (Å²) in [7, 11) is 1.58. The zero-order valence-electron chi connectivity index (χ0n) is 12.9. The van der Waals surface area contributed by atoms with Crippen molar-refractivity contribution in [1.29, 1.82) is 0 Å². The lowest BCUT2D eigenvalue weighted by Gasteiger charge is -2.01. The fraction of sp³-hybridized carbons (Fsp3) is 0.0556. The number of amides is 1. The van der Waals surface area contributed by atoms with Gasteiger partial charge in [-0.15, -0.1) is 0 Å². The molecular formula is C18H14N2O4. The number of fused-ring (bicyclic) bond motifs is 1. The number of hydrogen-bond donors (Lipinski definition) is 1. The van der Waals surface area contributed by atoms with Gasteiger partial charge in [0.2, 0.25) is 0 Å². The maximum absolute atomic E-state index is 12.1. The summed E-state index contributed by atoms with van der Waals surface area (Å²) in [5.41, 5.74) is 2.73. The predicted molar refractivity (Wildman–Crippen MR) is 90.5 cm³/mol. The second kappa shape index (κ2) is 6.78. The molecule has 6 nitrogen and oxygen atoms in total. The average molecular weight is 322 g/mol. The van der Waals surface area contributed by atoms with E-state index < -0.39 is 11.5 Å². The Bertz CT molecular complexity index is 959. The lowest BCUT2D eigenvalue weighted by Crippen LogP contribution is -2.24. The van der Waals surface area contributed by atoms with Crippen molar-refractivity contribution in [2.75, 3.05) is 7.11 Å². The van der Waals surface area contributed by atoms with Gasteiger partial charge in [0.05, 0.1) is 13.3 Å². The summed E-state index contributed by atoms with van der Waals surface area (Å²) >= 11 is 0. The lowest BCUT2D eigenvalue weighted by atomic mass is 10.2. The monoisotopic (exact) mass is 322 g/mol. The Morgan fingerprint density at radius 1 is 1.17 bits per heavy atom. The topological polar surface area (TPSA) is 80.9 Å². The first-order valence-electron chi connectivity index (χ1n) is 7.18. The molecule has 1 N–H and O–H groups in total. The maximum atomic E-state index is 12.1. The van der Waals surface area contributed by atoms with Gasteiger partial charge in [-0.25, -0.2) is 10.2 Å². The molecule has 1 aromatic heterocycles. The third-order valence-electron chi connectivity index (χ3n) is 3.38. The van der Waals surface area contributed by atoms with Gasteiger partial charge in [0.1, 0.15) is 16.9 Å². The van der Waals surface area contributed by atoms with Crippen LogP contribution < -0.4 is 15.8 Å². The number of carbonyl (C=O) groups excluding carboxylic acids is 1. The Hall–Kier alpha value is -3.41. The predicted octanol–water partition coefficient (Wildman–Crippen LogP) is 2.57. The summed E-state index contributed by atoms with van der Waals surface area (Å²) in [6.45, 7) is 0. The third kappa shape index (κ3) is 3.33. The molecule has 0 aliphatic carbocycles. The summed E-state index contributed by atoms with van der Waals surface area (Å²) in [6, 6.07) is 15.6. The molecule has 1 heterocycles. The van der Waals surface area contributed by atoms with E-state index in [0.717, 1.165) is 11.3 Å². The van der Waals surface area contributed by atoms with E-state index >= 15 is 0 Å². The fourth-order valence-corrected chi connectivity index (χ4v) is 2.14. The Morgan fingerprint density at radius 3 is 2.67 bits per heavy atom. The number of hydrogen-bond acceptors (Lipinski definition) is 5. The van der Waals surface area contributed by atoms with Crippen LogP contribution in [-0.2, 0) is 0 Å². The van der Waals surface area contributed by atoms with E-state index in [1.807, 2.05) is 0 Å². The molecule has 2 aromatic carbocycles. The molecule has 0 saturated carbocycles. The quantitative estimate of drug-likeness (QED) is 0.455. The van der Waals surface area contributed by atoms with Crippen LogP contribution in [-0.4, -0.2) is 19.2 Å². The normalized spacial score (nSPS) is 10.9. The molecule has 0 spiro atoms. The smallest absolute Gasteiger partial charge is 0.349 e. The first-order chi connectivity index (χ1) is 11.7. The zero-order chi connectivity index (χ0) is 16.9. The summed E-state index contributed by atoms with van der Waals surface area (Å²) in [5.74, 6) is 0.101. The van der Waals surface area contributed by atoms with E-state index in [1.54, 1.807) is 55.6 Å². The molecule has 0 unspecified atom stereocenters. The molecule has 0 fully saturated rings. The van der Waals surface area contributed by atoms with Crippen LogP contribution in [0, 0.1) is 0 Å². The second-order valence-electron chi connectivity index (χ2n) is 4.96. The van der Waals surface area contributed by atoms with E-state index in [-0.39, 0.29) is 5.56 Å². The van der Waals surface area contributed by atoms with Crippen LogP contribution in [0.25, 0.3) is 11.0 Å². The highest BCUT2D eigenvalue weighted by molar-refractivity contribution is 5.97. The molecule has 3 rings (SSSR count). The molecule has 0 aliphatic heterocycles. The van der Waals surface area contributed by atoms with E-state index in [9.17, 15) is 9.59 Å². The Labute approximate surface area is 137 Å². The van der Waals surface area contributed by atoms with Gasteiger partial charge < -0.3 is 9.15 Å². The van der Waals surface area contributed by atoms with Crippen LogP contribution in [0.5, 0.6) is 5.75 Å². The van der Waals surface area contributed by atoms with Gasteiger partial charge in [0.25, 0.3) is 5.91 Å². The largest absolute Gasteiger partial charge is 0.497 e. The standard InChI is InChI=1S/C18H14N2O4/c1-23-14-8-6-12(7-9-14)11-19-20-17(21)15-10-13-4-2-3-5-16(13)24-18(15)22/h2-11H,1H3,(H,20,21)/b19-11+. The average Bonchev–Trinajstić information content (AvgIpc) is 2.61. The van der Waals surface area contributed by atoms with Crippen LogP contribution in [0.4, 0.5) is 0 Å². The van der Waals surface area contributed by atoms with Crippen LogP contribution in [0.1, 0.15) is 15.9 Å². The minimum atomic E-state index is -0.703. The number of methoxy groups -OCH3 is 1. The molecule has 0 aliphatic rings. The minimum Gasteiger partial charge on any atom is -0.497 e. The molecule has 120 valence electrons. The number of carbonyl (C=O) groups is 1. The third-order valence-corrected chi connectivity index (χ3v) is 3.38. The number of hydrazone groups is 1. The van der Waals surface area contributed by atoms with Crippen LogP contribution in [0.2, 0.25) is 0 Å². The van der Waals surface area contributed by atoms with Crippen molar-refractivity contribution in [2.24, 2.45) is 5.10 Å². The van der Waals surface area contributed by atoms with Crippen LogP contribution in [0.3, 0.4) is 0 Å². The van der Waals surface area contributed by atoms with Gasteiger partial charge >= 0.3 is 5.63 Å². The number of nitrogens with zero attached hydrogens (tertiary/aromatic N) is 1. The number of benzene rings is 2. The van der Waals surface area contributed by atoms with Gasteiger partial charge in [-0.3, -0.25) is 4.79 Å². The molecule has 0 atom stereocenters. The van der Waals surface area contributed by atoms with Crippen LogP contribution in [0.15, 0.2) is 68.9 Å². The van der Waals surface area contributed by atoms with E-state index in [2.05, 4.69) is 10.5 Å². The van der Waals surface area contributed by atoms with Gasteiger partial charge in [-0.2, -0.15) is 5.10 Å². The molecular weight excluding hydrogens is 308 g/mol. The number of para-hydroxylation sites is 1. The van der Waals surface area contributed by atoms with Gasteiger partial charge in [-0.1, -0.05) is 18.2 Å². The van der Waals surface area contributed by atoms with Gasteiger partial charge in [-0.05, 0) is 42.0 Å². The van der Waals surface area contributed by atoms with Crippen molar-refractivity contribution in [3.8, 4) is 5.75 Å². The van der Waals surface area contributed by atoms with Crippen molar-refractivity contribution in [2.45, 2.75) is 0 Å². The Morgan fingerprint density at radius 2 is 1.92 bits per heavy atom.